The topological polar surface area (TPSA) is 91.0 Å². The third kappa shape index (κ3) is 4.49. The third-order valence-corrected chi connectivity index (χ3v) is 4.89. The zero-order chi connectivity index (χ0) is 20.4. The van der Waals surface area contributed by atoms with Crippen LogP contribution in [-0.2, 0) is 4.79 Å². The zero-order valence-electron chi connectivity index (χ0n) is 16.0. The van der Waals surface area contributed by atoms with E-state index in [0.717, 1.165) is 0 Å². The van der Waals surface area contributed by atoms with Crippen molar-refractivity contribution >= 4 is 23.4 Å². The summed E-state index contributed by atoms with van der Waals surface area (Å²) in [7, 11) is 0. The molecule has 0 bridgehead atoms. The Bertz CT molecular complexity index is 885. The highest BCUT2D eigenvalue weighted by molar-refractivity contribution is 6.31. The number of aryl methyl sites for hydroxylation is 1. The minimum absolute atomic E-state index is 0.0518. The number of aromatic amines is 1. The summed E-state index contributed by atoms with van der Waals surface area (Å²) in [6, 6.07) is 3.26. The summed E-state index contributed by atoms with van der Waals surface area (Å²) in [5, 5.41) is 9.85. The molecule has 1 aromatic heterocycles. The Kier molecular flexibility index (Phi) is 5.98. The number of benzene rings is 1. The maximum atomic E-state index is 13.5. The maximum Gasteiger partial charge on any atom is 0.254 e. The second-order valence-corrected chi connectivity index (χ2v) is 7.89. The van der Waals surface area contributed by atoms with Gasteiger partial charge in [0, 0.05) is 24.6 Å². The van der Waals surface area contributed by atoms with Crippen molar-refractivity contribution in [2.75, 3.05) is 6.54 Å². The number of H-pyrrole nitrogens is 1. The first-order valence-electron chi connectivity index (χ1n) is 9.19. The largest absolute Gasteiger partial charge is 0.351 e. The number of carbonyl (C=O) groups excluding carboxylic acids is 2. The van der Waals surface area contributed by atoms with Gasteiger partial charge in [-0.3, -0.25) is 14.7 Å². The number of carbonyl (C=O) groups is 2. The van der Waals surface area contributed by atoms with Gasteiger partial charge in [0.15, 0.2) is 5.82 Å². The smallest absolute Gasteiger partial charge is 0.254 e. The molecule has 1 fully saturated rings. The molecule has 1 aliphatic rings. The van der Waals surface area contributed by atoms with E-state index < -0.39 is 11.9 Å². The number of aromatic nitrogens is 3. The summed E-state index contributed by atoms with van der Waals surface area (Å²) in [6.07, 6.45) is 0.921. The van der Waals surface area contributed by atoms with Gasteiger partial charge in [-0.1, -0.05) is 25.4 Å². The van der Waals surface area contributed by atoms with E-state index in [2.05, 4.69) is 20.5 Å². The number of amides is 2. The summed E-state index contributed by atoms with van der Waals surface area (Å²) in [6.45, 7) is 6.04. The Hall–Kier alpha value is -2.48. The lowest BCUT2D eigenvalue weighted by molar-refractivity contribution is -0.122. The first-order valence-corrected chi connectivity index (χ1v) is 9.56. The number of rotatable bonds is 5. The number of hydrogen-bond acceptors (Lipinski definition) is 4. The van der Waals surface area contributed by atoms with Crippen molar-refractivity contribution in [2.45, 2.75) is 45.7 Å². The van der Waals surface area contributed by atoms with E-state index >= 15 is 0 Å². The van der Waals surface area contributed by atoms with Gasteiger partial charge in [0.1, 0.15) is 11.6 Å². The van der Waals surface area contributed by atoms with Crippen molar-refractivity contribution in [3.05, 3.63) is 46.3 Å². The molecule has 1 saturated heterocycles. The monoisotopic (exact) mass is 407 g/mol. The molecule has 2 amide bonds. The van der Waals surface area contributed by atoms with Crippen molar-refractivity contribution < 1.29 is 14.0 Å². The molecule has 0 spiro atoms. The average molecular weight is 408 g/mol. The molecular formula is C19H23ClFN5O2. The lowest BCUT2D eigenvalue weighted by atomic mass is 10.1. The number of likely N-dealkylation sites (tertiary alicyclic amines) is 1. The predicted octanol–water partition coefficient (Wildman–Crippen LogP) is 3.02. The minimum Gasteiger partial charge on any atom is -0.351 e. The number of halogens is 2. The van der Waals surface area contributed by atoms with Crippen molar-refractivity contribution in [1.82, 2.24) is 25.4 Å². The van der Waals surface area contributed by atoms with Gasteiger partial charge in [0.05, 0.1) is 11.1 Å². The Morgan fingerprint density at radius 1 is 1.43 bits per heavy atom. The van der Waals surface area contributed by atoms with E-state index in [9.17, 15) is 14.0 Å². The van der Waals surface area contributed by atoms with E-state index in [1.807, 2.05) is 13.8 Å². The van der Waals surface area contributed by atoms with Gasteiger partial charge >= 0.3 is 0 Å². The molecule has 3 rings (SSSR count). The molecule has 0 unspecified atom stereocenters. The highest BCUT2D eigenvalue weighted by Crippen LogP contribution is 2.32. The van der Waals surface area contributed by atoms with E-state index in [-0.39, 0.29) is 34.4 Å². The van der Waals surface area contributed by atoms with Gasteiger partial charge in [-0.05, 0) is 37.5 Å². The fourth-order valence-corrected chi connectivity index (χ4v) is 3.55. The molecule has 2 aromatic rings. The molecule has 9 heteroatoms. The second-order valence-electron chi connectivity index (χ2n) is 7.48. The molecule has 2 N–H and O–H groups in total. The molecule has 1 aromatic carbocycles. The average Bonchev–Trinajstić information content (AvgIpc) is 3.22. The fourth-order valence-electron chi connectivity index (χ4n) is 3.37. The first-order chi connectivity index (χ1) is 13.2. The molecule has 2 heterocycles. The number of hydrogen-bond donors (Lipinski definition) is 2. The molecule has 0 saturated carbocycles. The molecule has 7 nitrogen and oxygen atoms in total. The summed E-state index contributed by atoms with van der Waals surface area (Å²) in [5.74, 6) is 0.421. The Labute approximate surface area is 167 Å². The van der Waals surface area contributed by atoms with Gasteiger partial charge in [0.25, 0.3) is 5.91 Å². The van der Waals surface area contributed by atoms with Gasteiger partial charge in [-0.2, -0.15) is 5.10 Å². The quantitative estimate of drug-likeness (QED) is 0.797. The molecule has 0 aliphatic carbocycles. The van der Waals surface area contributed by atoms with Crippen LogP contribution in [0.5, 0.6) is 0 Å². The standard InChI is InChI=1S/C19H23ClFN5O2/c1-10(2)6-17(27)23-13-8-16(18-22-11(3)24-25-18)26(9-13)19(28)12-4-5-15(21)14(20)7-12/h4-5,7,10,13,16H,6,8-9H2,1-3H3,(H,23,27)(H,22,24,25)/t13-,16-/m0/s1. The van der Waals surface area contributed by atoms with Gasteiger partial charge in [-0.15, -0.1) is 0 Å². The van der Waals surface area contributed by atoms with Crippen LogP contribution in [0.3, 0.4) is 0 Å². The van der Waals surface area contributed by atoms with Crippen LogP contribution in [0.1, 0.15) is 54.7 Å². The SMILES string of the molecule is Cc1nc([C@@H]2C[C@H](NC(=O)CC(C)C)CN2C(=O)c2ccc(F)c(Cl)c2)n[nH]1. The van der Waals surface area contributed by atoms with Crippen LogP contribution in [-0.4, -0.2) is 44.5 Å². The van der Waals surface area contributed by atoms with Crippen LogP contribution < -0.4 is 5.32 Å². The van der Waals surface area contributed by atoms with E-state index in [0.29, 0.717) is 31.0 Å². The molecular weight excluding hydrogens is 385 g/mol. The van der Waals surface area contributed by atoms with Crippen LogP contribution in [0.15, 0.2) is 18.2 Å². The lowest BCUT2D eigenvalue weighted by Crippen LogP contribution is -2.39. The fraction of sp³-hybridized carbons (Fsp3) is 0.474. The van der Waals surface area contributed by atoms with E-state index in [1.54, 1.807) is 11.8 Å². The third-order valence-electron chi connectivity index (χ3n) is 4.60. The van der Waals surface area contributed by atoms with Crippen LogP contribution >= 0.6 is 11.6 Å². The molecule has 28 heavy (non-hydrogen) atoms. The maximum absolute atomic E-state index is 13.5. The van der Waals surface area contributed by atoms with Crippen LogP contribution in [0, 0.1) is 18.7 Å². The van der Waals surface area contributed by atoms with Crippen molar-refractivity contribution in [1.29, 1.82) is 0 Å². The Morgan fingerprint density at radius 3 is 2.79 bits per heavy atom. The van der Waals surface area contributed by atoms with Crippen molar-refractivity contribution in [3.63, 3.8) is 0 Å². The molecule has 1 aliphatic heterocycles. The van der Waals surface area contributed by atoms with Crippen LogP contribution in [0.2, 0.25) is 5.02 Å². The van der Waals surface area contributed by atoms with E-state index in [4.69, 9.17) is 11.6 Å². The molecule has 150 valence electrons. The highest BCUT2D eigenvalue weighted by Gasteiger charge is 2.39. The van der Waals surface area contributed by atoms with Crippen molar-refractivity contribution in [3.8, 4) is 0 Å². The summed E-state index contributed by atoms with van der Waals surface area (Å²) < 4.78 is 13.5. The predicted molar refractivity (Wildman–Crippen MR) is 102 cm³/mol. The number of nitrogens with zero attached hydrogens (tertiary/aromatic N) is 3. The normalized spacial score (nSPS) is 19.3. The summed E-state index contributed by atoms with van der Waals surface area (Å²) in [5.41, 5.74) is 0.276. The summed E-state index contributed by atoms with van der Waals surface area (Å²) in [4.78, 5) is 31.2. The molecule has 2 atom stereocenters. The lowest BCUT2D eigenvalue weighted by Gasteiger charge is -2.22. The first kappa shape index (κ1) is 20.3. The number of nitrogens with one attached hydrogen (secondary N) is 2. The van der Waals surface area contributed by atoms with Gasteiger partial charge in [-0.25, -0.2) is 9.37 Å². The van der Waals surface area contributed by atoms with E-state index in [1.165, 1.54) is 18.2 Å². The van der Waals surface area contributed by atoms with Crippen molar-refractivity contribution in [2.24, 2.45) is 5.92 Å². The second kappa shape index (κ2) is 8.26. The zero-order valence-corrected chi connectivity index (χ0v) is 16.8. The van der Waals surface area contributed by atoms with Crippen LogP contribution in [0.25, 0.3) is 0 Å². The summed E-state index contributed by atoms with van der Waals surface area (Å²) >= 11 is 5.83. The van der Waals surface area contributed by atoms with Gasteiger partial charge in [0.2, 0.25) is 5.91 Å². The van der Waals surface area contributed by atoms with Crippen LogP contribution in [0.4, 0.5) is 4.39 Å². The Morgan fingerprint density at radius 2 is 2.18 bits per heavy atom. The highest BCUT2D eigenvalue weighted by atomic mass is 35.5. The molecule has 0 radical (unpaired) electrons. The minimum atomic E-state index is -0.584. The van der Waals surface area contributed by atoms with Gasteiger partial charge < -0.3 is 10.2 Å². The Balaban J connectivity index is 1.83.